The molecule has 2 aromatic rings. The molecule has 1 heterocycles. The Hall–Kier alpha value is -0.870. The Labute approximate surface area is 116 Å². The van der Waals surface area contributed by atoms with Gasteiger partial charge in [0, 0.05) is 12.6 Å². The van der Waals surface area contributed by atoms with Gasteiger partial charge >= 0.3 is 0 Å². The van der Waals surface area contributed by atoms with E-state index in [0.29, 0.717) is 16.6 Å². The second-order valence-corrected chi connectivity index (χ2v) is 5.84. The molecule has 5 heteroatoms. The summed E-state index contributed by atoms with van der Waals surface area (Å²) in [6, 6.07) is 3.02. The number of fused-ring (bicyclic) bond motifs is 1. The Balaban J connectivity index is 2.53. The van der Waals surface area contributed by atoms with Gasteiger partial charge in [-0.15, -0.1) is 0 Å². The van der Waals surface area contributed by atoms with Crippen LogP contribution in [0.15, 0.2) is 12.1 Å². The van der Waals surface area contributed by atoms with E-state index in [1.165, 1.54) is 6.07 Å². The molecule has 18 heavy (non-hydrogen) atoms. The molecular weight excluding hydrogens is 271 g/mol. The average molecular weight is 287 g/mol. The summed E-state index contributed by atoms with van der Waals surface area (Å²) < 4.78 is 16.1. The Morgan fingerprint density at radius 2 is 2.06 bits per heavy atom. The molecule has 1 N–H and O–H groups in total. The highest BCUT2D eigenvalue weighted by atomic mass is 35.5. The van der Waals surface area contributed by atoms with Crippen molar-refractivity contribution in [1.29, 1.82) is 0 Å². The van der Waals surface area contributed by atoms with E-state index in [-0.39, 0.29) is 5.02 Å². The standard InChI is InChI=1S/C13H16ClFN2S/c1-7(2)8(3)6-17-12-5-10(15)9(14)4-11(12)16-13(17)18/h4-5,7-8H,6H2,1-3H3,(H,16,18). The van der Waals surface area contributed by atoms with E-state index in [0.717, 1.165) is 17.6 Å². The van der Waals surface area contributed by atoms with Crippen LogP contribution in [0.5, 0.6) is 0 Å². The quantitative estimate of drug-likeness (QED) is 0.805. The third-order valence-electron chi connectivity index (χ3n) is 3.42. The average Bonchev–Trinajstić information content (AvgIpc) is 2.56. The molecule has 1 atom stereocenters. The summed E-state index contributed by atoms with van der Waals surface area (Å²) in [7, 11) is 0. The van der Waals surface area contributed by atoms with Crippen molar-refractivity contribution in [1.82, 2.24) is 9.55 Å². The zero-order valence-electron chi connectivity index (χ0n) is 10.6. The number of benzene rings is 1. The summed E-state index contributed by atoms with van der Waals surface area (Å²) in [5, 5.41) is 0.114. The van der Waals surface area contributed by atoms with Crippen LogP contribution >= 0.6 is 23.8 Å². The largest absolute Gasteiger partial charge is 0.331 e. The van der Waals surface area contributed by atoms with Crippen molar-refractivity contribution in [2.75, 3.05) is 0 Å². The maximum Gasteiger partial charge on any atom is 0.178 e. The van der Waals surface area contributed by atoms with Gasteiger partial charge in [-0.25, -0.2) is 4.39 Å². The maximum absolute atomic E-state index is 13.5. The van der Waals surface area contributed by atoms with Crippen LogP contribution in [-0.2, 0) is 6.54 Å². The van der Waals surface area contributed by atoms with Crippen molar-refractivity contribution in [3.63, 3.8) is 0 Å². The molecule has 0 fully saturated rings. The third-order valence-corrected chi connectivity index (χ3v) is 4.04. The minimum atomic E-state index is -0.413. The van der Waals surface area contributed by atoms with Crippen molar-refractivity contribution < 1.29 is 4.39 Å². The number of halogens is 2. The fourth-order valence-corrected chi connectivity index (χ4v) is 2.28. The van der Waals surface area contributed by atoms with Gasteiger partial charge in [0.1, 0.15) is 5.82 Å². The molecule has 0 radical (unpaired) electrons. The van der Waals surface area contributed by atoms with Crippen LogP contribution in [0.1, 0.15) is 20.8 Å². The van der Waals surface area contributed by atoms with Crippen LogP contribution in [0.25, 0.3) is 11.0 Å². The van der Waals surface area contributed by atoms with Crippen molar-refractivity contribution in [3.8, 4) is 0 Å². The molecule has 0 amide bonds. The van der Waals surface area contributed by atoms with E-state index < -0.39 is 5.82 Å². The second-order valence-electron chi connectivity index (χ2n) is 5.05. The highest BCUT2D eigenvalue weighted by molar-refractivity contribution is 7.71. The molecule has 0 aliphatic heterocycles. The van der Waals surface area contributed by atoms with E-state index in [4.69, 9.17) is 23.8 Å². The van der Waals surface area contributed by atoms with E-state index in [2.05, 4.69) is 25.8 Å². The van der Waals surface area contributed by atoms with Crippen LogP contribution < -0.4 is 0 Å². The molecule has 0 bridgehead atoms. The Bertz CT molecular complexity index is 630. The summed E-state index contributed by atoms with van der Waals surface area (Å²) in [6.45, 7) is 7.27. The van der Waals surface area contributed by atoms with Crippen molar-refractivity contribution in [2.24, 2.45) is 11.8 Å². The van der Waals surface area contributed by atoms with Gasteiger partial charge in [-0.1, -0.05) is 32.4 Å². The number of aromatic nitrogens is 2. The first kappa shape index (κ1) is 13.6. The van der Waals surface area contributed by atoms with Gasteiger partial charge in [-0.3, -0.25) is 0 Å². The number of H-pyrrole nitrogens is 1. The lowest BCUT2D eigenvalue weighted by atomic mass is 9.98. The van der Waals surface area contributed by atoms with E-state index in [1.54, 1.807) is 6.07 Å². The maximum atomic E-state index is 13.5. The van der Waals surface area contributed by atoms with E-state index >= 15 is 0 Å². The first-order chi connectivity index (χ1) is 8.40. The van der Waals surface area contributed by atoms with Crippen LogP contribution in [0.2, 0.25) is 5.02 Å². The number of aromatic amines is 1. The summed E-state index contributed by atoms with van der Waals surface area (Å²) in [5.74, 6) is 0.604. The SMILES string of the molecule is CC(C)C(C)Cn1c(=S)[nH]c2cc(Cl)c(F)cc21. The number of nitrogens with zero attached hydrogens (tertiary/aromatic N) is 1. The van der Waals surface area contributed by atoms with E-state index in [1.807, 2.05) is 4.57 Å². The topological polar surface area (TPSA) is 20.7 Å². The van der Waals surface area contributed by atoms with Crippen LogP contribution in [-0.4, -0.2) is 9.55 Å². The fourth-order valence-electron chi connectivity index (χ4n) is 1.83. The molecule has 0 spiro atoms. The minimum absolute atomic E-state index is 0.114. The molecule has 1 aromatic carbocycles. The first-order valence-electron chi connectivity index (χ1n) is 5.97. The van der Waals surface area contributed by atoms with Crippen LogP contribution in [0.4, 0.5) is 4.39 Å². The molecule has 1 unspecified atom stereocenters. The Morgan fingerprint density at radius 1 is 1.39 bits per heavy atom. The van der Waals surface area contributed by atoms with Crippen LogP contribution in [0, 0.1) is 22.4 Å². The van der Waals surface area contributed by atoms with Gasteiger partial charge in [0.2, 0.25) is 0 Å². The number of nitrogens with one attached hydrogen (secondary N) is 1. The van der Waals surface area contributed by atoms with Gasteiger partial charge < -0.3 is 9.55 Å². The zero-order chi connectivity index (χ0) is 13.4. The summed E-state index contributed by atoms with van der Waals surface area (Å²) >= 11 is 11.1. The number of imidazole rings is 1. The molecular formula is C13H16ClFN2S. The molecule has 0 saturated heterocycles. The number of hydrogen-bond donors (Lipinski definition) is 1. The minimum Gasteiger partial charge on any atom is -0.331 e. The van der Waals surface area contributed by atoms with Crippen LogP contribution in [0.3, 0.4) is 0 Å². The molecule has 0 aliphatic carbocycles. The monoisotopic (exact) mass is 286 g/mol. The van der Waals surface area contributed by atoms with Gasteiger partial charge in [0.15, 0.2) is 4.77 Å². The lowest BCUT2D eigenvalue weighted by molar-refractivity contribution is 0.367. The van der Waals surface area contributed by atoms with Crippen molar-refractivity contribution >= 4 is 34.9 Å². The molecule has 0 aliphatic rings. The third kappa shape index (κ3) is 2.45. The van der Waals surface area contributed by atoms with Gasteiger partial charge in [-0.05, 0) is 30.1 Å². The molecule has 2 nitrogen and oxygen atoms in total. The first-order valence-corrected chi connectivity index (χ1v) is 6.76. The predicted molar refractivity (Wildman–Crippen MR) is 76.1 cm³/mol. The van der Waals surface area contributed by atoms with Gasteiger partial charge in [0.25, 0.3) is 0 Å². The summed E-state index contributed by atoms with van der Waals surface area (Å²) in [6.07, 6.45) is 0. The normalized spacial score (nSPS) is 13.4. The van der Waals surface area contributed by atoms with Crippen molar-refractivity contribution in [3.05, 3.63) is 27.7 Å². The predicted octanol–water partition coefficient (Wildman–Crippen LogP) is 4.78. The highest BCUT2D eigenvalue weighted by Crippen LogP contribution is 2.24. The lowest BCUT2D eigenvalue weighted by Gasteiger charge is -2.16. The summed E-state index contributed by atoms with van der Waals surface area (Å²) in [4.78, 5) is 3.07. The van der Waals surface area contributed by atoms with Crippen molar-refractivity contribution in [2.45, 2.75) is 27.3 Å². The number of hydrogen-bond acceptors (Lipinski definition) is 1. The Morgan fingerprint density at radius 3 is 2.67 bits per heavy atom. The Kier molecular flexibility index (Phi) is 3.78. The molecule has 0 saturated carbocycles. The lowest BCUT2D eigenvalue weighted by Crippen LogP contribution is -2.13. The van der Waals surface area contributed by atoms with Gasteiger partial charge in [0.05, 0.1) is 16.1 Å². The molecule has 1 aromatic heterocycles. The highest BCUT2D eigenvalue weighted by Gasteiger charge is 2.13. The zero-order valence-corrected chi connectivity index (χ0v) is 12.2. The van der Waals surface area contributed by atoms with E-state index in [9.17, 15) is 4.39 Å². The molecule has 98 valence electrons. The smallest absolute Gasteiger partial charge is 0.178 e. The van der Waals surface area contributed by atoms with Gasteiger partial charge in [-0.2, -0.15) is 0 Å². The summed E-state index contributed by atoms with van der Waals surface area (Å²) in [5.41, 5.74) is 1.55. The molecule has 2 rings (SSSR count). The number of rotatable bonds is 3. The fraction of sp³-hybridized carbons (Fsp3) is 0.462. The second kappa shape index (κ2) is 5.02.